The molecule has 1 saturated carbocycles. The SMILES string of the molecule is IC1CC2(CNC2)C1. The van der Waals surface area contributed by atoms with E-state index in [2.05, 4.69) is 27.9 Å². The van der Waals surface area contributed by atoms with Crippen molar-refractivity contribution in [2.45, 2.75) is 16.8 Å². The van der Waals surface area contributed by atoms with Gasteiger partial charge in [0, 0.05) is 17.0 Å². The summed E-state index contributed by atoms with van der Waals surface area (Å²) in [5.74, 6) is 0. The van der Waals surface area contributed by atoms with E-state index in [1.54, 1.807) is 0 Å². The molecule has 0 radical (unpaired) electrons. The Kier molecular flexibility index (Phi) is 1.09. The Bertz CT molecular complexity index is 101. The first-order chi connectivity index (χ1) is 3.81. The lowest BCUT2D eigenvalue weighted by molar-refractivity contribution is 0.0728. The Morgan fingerprint density at radius 1 is 1.38 bits per heavy atom. The molecule has 0 aromatic rings. The van der Waals surface area contributed by atoms with E-state index in [1.807, 2.05) is 0 Å². The largest absolute Gasteiger partial charge is 0.316 e. The van der Waals surface area contributed by atoms with Gasteiger partial charge in [0.05, 0.1) is 0 Å². The molecule has 0 unspecified atom stereocenters. The molecule has 1 nitrogen and oxygen atoms in total. The monoisotopic (exact) mass is 223 g/mol. The first-order valence-electron chi connectivity index (χ1n) is 3.16. The summed E-state index contributed by atoms with van der Waals surface area (Å²) in [7, 11) is 0. The minimum atomic E-state index is 0.797. The quantitative estimate of drug-likeness (QED) is 0.480. The molecule has 0 atom stereocenters. The molecule has 2 fully saturated rings. The van der Waals surface area contributed by atoms with Crippen LogP contribution in [0.2, 0.25) is 0 Å². The van der Waals surface area contributed by atoms with Crippen molar-refractivity contribution < 1.29 is 0 Å². The fourth-order valence-corrected chi connectivity index (χ4v) is 3.52. The van der Waals surface area contributed by atoms with Gasteiger partial charge >= 0.3 is 0 Å². The van der Waals surface area contributed by atoms with Crippen molar-refractivity contribution in [3.05, 3.63) is 0 Å². The van der Waals surface area contributed by atoms with Crippen molar-refractivity contribution in [3.63, 3.8) is 0 Å². The Labute approximate surface area is 63.4 Å². The summed E-state index contributed by atoms with van der Waals surface area (Å²) in [4.78, 5) is 0. The van der Waals surface area contributed by atoms with E-state index in [0.29, 0.717) is 0 Å². The van der Waals surface area contributed by atoms with E-state index >= 15 is 0 Å². The number of halogens is 1. The third-order valence-electron chi connectivity index (χ3n) is 2.31. The summed E-state index contributed by atoms with van der Waals surface area (Å²) in [5, 5.41) is 3.32. The summed E-state index contributed by atoms with van der Waals surface area (Å²) >= 11 is 2.55. The van der Waals surface area contributed by atoms with Crippen LogP contribution in [0.15, 0.2) is 0 Å². The number of hydrogen-bond acceptors (Lipinski definition) is 1. The van der Waals surface area contributed by atoms with Crippen molar-refractivity contribution in [2.24, 2.45) is 5.41 Å². The standard InChI is InChI=1S/C6H10IN/c7-5-1-6(2-5)3-8-4-6/h5,8H,1-4H2. The Hall–Kier alpha value is 0.690. The van der Waals surface area contributed by atoms with Gasteiger partial charge in [0.1, 0.15) is 0 Å². The van der Waals surface area contributed by atoms with Crippen LogP contribution in [0, 0.1) is 5.41 Å². The van der Waals surface area contributed by atoms with E-state index in [9.17, 15) is 0 Å². The molecule has 8 heavy (non-hydrogen) atoms. The molecule has 1 spiro atoms. The first-order valence-corrected chi connectivity index (χ1v) is 4.40. The predicted molar refractivity (Wildman–Crippen MR) is 42.3 cm³/mol. The first kappa shape index (κ1) is 5.47. The maximum atomic E-state index is 3.32. The third kappa shape index (κ3) is 0.620. The maximum absolute atomic E-state index is 3.32. The van der Waals surface area contributed by atoms with Crippen LogP contribution in [0.3, 0.4) is 0 Å². The molecule has 1 aliphatic carbocycles. The van der Waals surface area contributed by atoms with Crippen molar-refractivity contribution >= 4 is 22.6 Å². The van der Waals surface area contributed by atoms with Crippen molar-refractivity contribution in [1.82, 2.24) is 5.32 Å². The van der Waals surface area contributed by atoms with E-state index in [-0.39, 0.29) is 0 Å². The van der Waals surface area contributed by atoms with Crippen molar-refractivity contribution in [1.29, 1.82) is 0 Å². The van der Waals surface area contributed by atoms with Gasteiger partial charge < -0.3 is 5.32 Å². The Morgan fingerprint density at radius 2 is 2.00 bits per heavy atom. The molecular weight excluding hydrogens is 213 g/mol. The molecule has 0 amide bonds. The zero-order chi connectivity index (χ0) is 5.61. The van der Waals surface area contributed by atoms with Gasteiger partial charge in [-0.25, -0.2) is 0 Å². The normalized spacial score (nSPS) is 34.1. The van der Waals surface area contributed by atoms with Crippen molar-refractivity contribution in [3.8, 4) is 0 Å². The second-order valence-electron chi connectivity index (χ2n) is 3.11. The molecule has 0 aromatic heterocycles. The lowest BCUT2D eigenvalue weighted by Gasteiger charge is -2.52. The molecule has 0 aromatic carbocycles. The lowest BCUT2D eigenvalue weighted by atomic mass is 9.65. The summed E-state index contributed by atoms with van der Waals surface area (Å²) in [6.07, 6.45) is 2.95. The van der Waals surface area contributed by atoms with Crippen LogP contribution in [-0.4, -0.2) is 17.0 Å². The highest BCUT2D eigenvalue weighted by Gasteiger charge is 2.47. The molecule has 46 valence electrons. The highest BCUT2D eigenvalue weighted by molar-refractivity contribution is 14.1. The third-order valence-corrected chi connectivity index (χ3v) is 3.19. The van der Waals surface area contributed by atoms with Gasteiger partial charge in [-0.2, -0.15) is 0 Å². The zero-order valence-corrected chi connectivity index (χ0v) is 6.94. The number of alkyl halides is 1. The fraction of sp³-hybridized carbons (Fsp3) is 1.00. The van der Waals surface area contributed by atoms with E-state index in [1.165, 1.54) is 25.9 Å². The summed E-state index contributed by atoms with van der Waals surface area (Å²) in [6, 6.07) is 0. The molecule has 1 aliphatic heterocycles. The van der Waals surface area contributed by atoms with Gasteiger partial charge in [0.15, 0.2) is 0 Å². The highest BCUT2D eigenvalue weighted by atomic mass is 127. The summed E-state index contributed by atoms with van der Waals surface area (Å²) in [5.41, 5.74) is 0.797. The number of nitrogens with one attached hydrogen (secondary N) is 1. The Morgan fingerprint density at radius 3 is 2.12 bits per heavy atom. The van der Waals surface area contributed by atoms with Crippen LogP contribution >= 0.6 is 22.6 Å². The summed E-state index contributed by atoms with van der Waals surface area (Å²) < 4.78 is 0.995. The van der Waals surface area contributed by atoms with Crippen LogP contribution in [0.5, 0.6) is 0 Å². The van der Waals surface area contributed by atoms with E-state index < -0.39 is 0 Å². The van der Waals surface area contributed by atoms with Crippen LogP contribution in [0.1, 0.15) is 12.8 Å². The highest BCUT2D eigenvalue weighted by Crippen LogP contribution is 2.47. The molecule has 2 aliphatic rings. The lowest BCUT2D eigenvalue weighted by Crippen LogP contribution is -2.60. The van der Waals surface area contributed by atoms with Crippen LogP contribution in [-0.2, 0) is 0 Å². The van der Waals surface area contributed by atoms with Crippen LogP contribution in [0.25, 0.3) is 0 Å². The van der Waals surface area contributed by atoms with Gasteiger partial charge in [-0.15, -0.1) is 0 Å². The molecular formula is C6H10IN. The second-order valence-corrected chi connectivity index (χ2v) is 4.87. The number of rotatable bonds is 0. The fourth-order valence-electron chi connectivity index (χ4n) is 1.65. The topological polar surface area (TPSA) is 12.0 Å². The molecule has 1 heterocycles. The van der Waals surface area contributed by atoms with E-state index in [0.717, 1.165) is 9.34 Å². The maximum Gasteiger partial charge on any atom is 0.0122 e. The molecule has 1 saturated heterocycles. The second kappa shape index (κ2) is 1.59. The average molecular weight is 223 g/mol. The minimum absolute atomic E-state index is 0.797. The molecule has 2 heteroatoms. The van der Waals surface area contributed by atoms with Gasteiger partial charge in [-0.1, -0.05) is 22.6 Å². The zero-order valence-electron chi connectivity index (χ0n) is 4.78. The van der Waals surface area contributed by atoms with E-state index in [4.69, 9.17) is 0 Å². The summed E-state index contributed by atoms with van der Waals surface area (Å²) in [6.45, 7) is 2.60. The Balaban J connectivity index is 1.92. The minimum Gasteiger partial charge on any atom is -0.316 e. The smallest absolute Gasteiger partial charge is 0.0122 e. The predicted octanol–water partition coefficient (Wildman–Crippen LogP) is 1.17. The van der Waals surface area contributed by atoms with Crippen molar-refractivity contribution in [2.75, 3.05) is 13.1 Å². The average Bonchev–Trinajstić information content (AvgIpc) is 1.51. The van der Waals surface area contributed by atoms with Gasteiger partial charge in [-0.3, -0.25) is 0 Å². The van der Waals surface area contributed by atoms with Crippen LogP contribution in [0.4, 0.5) is 0 Å². The molecule has 0 bridgehead atoms. The number of hydrogen-bond donors (Lipinski definition) is 1. The molecule has 2 rings (SSSR count). The van der Waals surface area contributed by atoms with Crippen LogP contribution < -0.4 is 5.32 Å². The van der Waals surface area contributed by atoms with Gasteiger partial charge in [0.2, 0.25) is 0 Å². The van der Waals surface area contributed by atoms with Gasteiger partial charge in [-0.05, 0) is 18.3 Å². The molecule has 1 N–H and O–H groups in total. The van der Waals surface area contributed by atoms with Gasteiger partial charge in [0.25, 0.3) is 0 Å².